The molecule has 0 aliphatic carbocycles. The quantitative estimate of drug-likeness (QED) is 0.658. The normalized spacial score (nSPS) is 12.4. The molecule has 1 atom stereocenters. The third-order valence-corrected chi connectivity index (χ3v) is 3.67. The van der Waals surface area contributed by atoms with E-state index in [1.54, 1.807) is 18.5 Å². The van der Waals surface area contributed by atoms with E-state index in [0.717, 1.165) is 18.4 Å². The summed E-state index contributed by atoms with van der Waals surface area (Å²) in [6.45, 7) is 0. The summed E-state index contributed by atoms with van der Waals surface area (Å²) in [5.74, 6) is 5.61. The van der Waals surface area contributed by atoms with Crippen molar-refractivity contribution < 1.29 is 0 Å². The van der Waals surface area contributed by atoms with Crippen LogP contribution in [0.5, 0.6) is 0 Å². The monoisotopic (exact) mass is 295 g/mol. The summed E-state index contributed by atoms with van der Waals surface area (Å²) in [5.41, 5.74) is 5.13. The lowest BCUT2D eigenvalue weighted by Crippen LogP contribution is -2.38. The zero-order valence-corrected chi connectivity index (χ0v) is 11.8. The number of hydrogen-bond donors (Lipinski definition) is 2. The molecule has 0 amide bonds. The molecule has 1 aromatic carbocycles. The van der Waals surface area contributed by atoms with Crippen LogP contribution in [-0.2, 0) is 12.8 Å². The van der Waals surface area contributed by atoms with Gasteiger partial charge in [-0.15, -0.1) is 0 Å². The molecule has 100 valence electrons. The Hall–Kier alpha value is -1.13. The second-order valence-corrected chi connectivity index (χ2v) is 5.19. The third kappa shape index (κ3) is 4.18. The average molecular weight is 296 g/mol. The molecule has 0 aliphatic rings. The second-order valence-electron chi connectivity index (χ2n) is 4.38. The molecule has 0 saturated heterocycles. The predicted molar refractivity (Wildman–Crippen MR) is 79.2 cm³/mol. The zero-order valence-electron chi connectivity index (χ0n) is 10.3. The van der Waals surface area contributed by atoms with Gasteiger partial charge >= 0.3 is 0 Å². The van der Waals surface area contributed by atoms with Gasteiger partial charge in [0, 0.05) is 18.4 Å². The lowest BCUT2D eigenvalue weighted by molar-refractivity contribution is 0.522. The van der Waals surface area contributed by atoms with Crippen LogP contribution in [-0.4, -0.2) is 11.0 Å². The van der Waals surface area contributed by atoms with E-state index in [1.807, 2.05) is 24.3 Å². The van der Waals surface area contributed by atoms with Crippen LogP contribution in [0.25, 0.3) is 0 Å². The molecule has 0 fully saturated rings. The van der Waals surface area contributed by atoms with E-state index in [2.05, 4.69) is 10.4 Å². The van der Waals surface area contributed by atoms with E-state index in [1.165, 1.54) is 5.56 Å². The van der Waals surface area contributed by atoms with E-state index in [-0.39, 0.29) is 6.04 Å². The minimum Gasteiger partial charge on any atom is -0.271 e. The van der Waals surface area contributed by atoms with Crippen LogP contribution in [0.3, 0.4) is 0 Å². The first kappa shape index (κ1) is 14.3. The van der Waals surface area contributed by atoms with Gasteiger partial charge in [-0.25, -0.2) is 0 Å². The highest BCUT2D eigenvalue weighted by Crippen LogP contribution is 2.23. The summed E-state index contributed by atoms with van der Waals surface area (Å²) in [4.78, 5) is 4.00. The van der Waals surface area contributed by atoms with Crippen molar-refractivity contribution in [3.05, 3.63) is 63.9 Å². The van der Waals surface area contributed by atoms with Crippen molar-refractivity contribution in [2.24, 2.45) is 5.84 Å². The van der Waals surface area contributed by atoms with Crippen LogP contribution in [0.15, 0.2) is 42.7 Å². The van der Waals surface area contributed by atoms with Gasteiger partial charge in [0.25, 0.3) is 0 Å². The third-order valence-electron chi connectivity index (χ3n) is 2.93. The zero-order chi connectivity index (χ0) is 13.7. The van der Waals surface area contributed by atoms with Gasteiger partial charge in [-0.05, 0) is 48.2 Å². The van der Waals surface area contributed by atoms with Crippen molar-refractivity contribution in [1.82, 2.24) is 10.4 Å². The standard InChI is InChI=1S/C14H15Cl2N3/c15-13-2-1-11(9-14(13)16)8-12(19-17)7-10-3-5-18-6-4-10/h1-6,9,12,19H,7-8,17H2. The van der Waals surface area contributed by atoms with Gasteiger partial charge in [-0.2, -0.15) is 0 Å². The number of pyridine rings is 1. The van der Waals surface area contributed by atoms with Crippen molar-refractivity contribution in [3.8, 4) is 0 Å². The van der Waals surface area contributed by atoms with E-state index in [0.29, 0.717) is 10.0 Å². The predicted octanol–water partition coefficient (Wildman–Crippen LogP) is 3.01. The molecule has 0 aliphatic heterocycles. The number of rotatable bonds is 5. The van der Waals surface area contributed by atoms with Gasteiger partial charge in [0.05, 0.1) is 10.0 Å². The molecule has 0 saturated carbocycles. The summed E-state index contributed by atoms with van der Waals surface area (Å²) in [6, 6.07) is 9.75. The fraction of sp³-hybridized carbons (Fsp3) is 0.214. The maximum atomic E-state index is 6.01. The van der Waals surface area contributed by atoms with Gasteiger partial charge in [0.15, 0.2) is 0 Å². The molecule has 0 radical (unpaired) electrons. The van der Waals surface area contributed by atoms with Gasteiger partial charge < -0.3 is 0 Å². The Balaban J connectivity index is 2.04. The van der Waals surface area contributed by atoms with Crippen molar-refractivity contribution in [3.63, 3.8) is 0 Å². The summed E-state index contributed by atoms with van der Waals surface area (Å²) in [7, 11) is 0. The summed E-state index contributed by atoms with van der Waals surface area (Å²) >= 11 is 11.9. The minimum atomic E-state index is 0.139. The molecule has 0 bridgehead atoms. The number of nitrogens with zero attached hydrogens (tertiary/aromatic N) is 1. The molecular weight excluding hydrogens is 281 g/mol. The number of benzene rings is 1. The Kier molecular flexibility index (Phi) is 5.16. The van der Waals surface area contributed by atoms with Gasteiger partial charge in [0.2, 0.25) is 0 Å². The SMILES string of the molecule is NNC(Cc1ccncc1)Cc1ccc(Cl)c(Cl)c1. The number of nitrogens with two attached hydrogens (primary N) is 1. The van der Waals surface area contributed by atoms with Crippen LogP contribution < -0.4 is 11.3 Å². The maximum Gasteiger partial charge on any atom is 0.0595 e. The van der Waals surface area contributed by atoms with Crippen LogP contribution >= 0.6 is 23.2 Å². The van der Waals surface area contributed by atoms with E-state index < -0.39 is 0 Å². The van der Waals surface area contributed by atoms with Crippen LogP contribution in [0.2, 0.25) is 10.0 Å². The Bertz CT molecular complexity index is 531. The fourth-order valence-corrected chi connectivity index (χ4v) is 2.27. The summed E-state index contributed by atoms with van der Waals surface area (Å²) in [5, 5.41) is 1.13. The van der Waals surface area contributed by atoms with Gasteiger partial charge in [0.1, 0.15) is 0 Å². The Morgan fingerprint density at radius 3 is 2.32 bits per heavy atom. The Labute approximate surface area is 122 Å². The molecule has 2 aromatic rings. The number of nitrogens with one attached hydrogen (secondary N) is 1. The Morgan fingerprint density at radius 2 is 1.68 bits per heavy atom. The maximum absolute atomic E-state index is 6.01. The first-order valence-electron chi connectivity index (χ1n) is 5.98. The van der Waals surface area contributed by atoms with E-state index >= 15 is 0 Å². The number of halogens is 2. The number of hydrazine groups is 1. The van der Waals surface area contributed by atoms with Gasteiger partial charge in [-0.3, -0.25) is 16.3 Å². The molecule has 0 spiro atoms. The molecule has 1 heterocycles. The van der Waals surface area contributed by atoms with Crippen molar-refractivity contribution in [1.29, 1.82) is 0 Å². The molecule has 2 rings (SSSR count). The highest BCUT2D eigenvalue weighted by Gasteiger charge is 2.10. The van der Waals surface area contributed by atoms with E-state index in [4.69, 9.17) is 29.0 Å². The fourth-order valence-electron chi connectivity index (χ4n) is 1.94. The molecule has 3 N–H and O–H groups in total. The molecule has 3 nitrogen and oxygen atoms in total. The molecular formula is C14H15Cl2N3. The first-order chi connectivity index (χ1) is 9.19. The van der Waals surface area contributed by atoms with E-state index in [9.17, 15) is 0 Å². The van der Waals surface area contributed by atoms with Crippen molar-refractivity contribution >= 4 is 23.2 Å². The van der Waals surface area contributed by atoms with Crippen molar-refractivity contribution in [2.45, 2.75) is 18.9 Å². The summed E-state index contributed by atoms with van der Waals surface area (Å²) < 4.78 is 0. The lowest BCUT2D eigenvalue weighted by Gasteiger charge is -2.16. The minimum absolute atomic E-state index is 0.139. The smallest absolute Gasteiger partial charge is 0.0595 e. The van der Waals surface area contributed by atoms with Crippen LogP contribution in [0, 0.1) is 0 Å². The second kappa shape index (κ2) is 6.87. The number of aromatic nitrogens is 1. The highest BCUT2D eigenvalue weighted by atomic mass is 35.5. The topological polar surface area (TPSA) is 50.9 Å². The summed E-state index contributed by atoms with van der Waals surface area (Å²) in [6.07, 6.45) is 5.18. The first-order valence-corrected chi connectivity index (χ1v) is 6.73. The average Bonchev–Trinajstić information content (AvgIpc) is 2.43. The molecule has 5 heteroatoms. The van der Waals surface area contributed by atoms with Crippen LogP contribution in [0.1, 0.15) is 11.1 Å². The number of hydrogen-bond acceptors (Lipinski definition) is 3. The molecule has 19 heavy (non-hydrogen) atoms. The highest BCUT2D eigenvalue weighted by molar-refractivity contribution is 6.42. The van der Waals surface area contributed by atoms with Gasteiger partial charge in [-0.1, -0.05) is 29.3 Å². The Morgan fingerprint density at radius 1 is 1.00 bits per heavy atom. The molecule has 1 aromatic heterocycles. The molecule has 1 unspecified atom stereocenters. The van der Waals surface area contributed by atoms with Crippen LogP contribution in [0.4, 0.5) is 0 Å². The lowest BCUT2D eigenvalue weighted by atomic mass is 10.0. The largest absolute Gasteiger partial charge is 0.271 e. The van der Waals surface area contributed by atoms with Crippen molar-refractivity contribution in [2.75, 3.05) is 0 Å².